The fraction of sp³-hybridized carbons (Fsp3) is 0.417. The van der Waals surface area contributed by atoms with Crippen LogP contribution in [0.2, 0.25) is 0 Å². The zero-order chi connectivity index (χ0) is 22.2. The van der Waals surface area contributed by atoms with Crippen molar-refractivity contribution in [2.75, 3.05) is 0 Å². The van der Waals surface area contributed by atoms with Crippen molar-refractivity contribution in [2.24, 2.45) is 5.92 Å². The van der Waals surface area contributed by atoms with Gasteiger partial charge in [0.25, 0.3) is 6.04 Å². The van der Waals surface area contributed by atoms with E-state index < -0.39 is 0 Å². The largest absolute Gasteiger partial charge is 0.507 e. The van der Waals surface area contributed by atoms with Gasteiger partial charge in [-0.15, -0.1) is 0 Å². The number of nitrogens with one attached hydrogen (secondary N) is 2. The van der Waals surface area contributed by atoms with Gasteiger partial charge >= 0.3 is 0 Å². The van der Waals surface area contributed by atoms with E-state index >= 15 is 0 Å². The Labute approximate surface area is 182 Å². The van der Waals surface area contributed by atoms with Gasteiger partial charge in [0.2, 0.25) is 0 Å². The molecule has 2 aromatic heterocycles. The van der Waals surface area contributed by atoms with Gasteiger partial charge in [-0.2, -0.15) is 5.10 Å². The number of nitrogens with zero attached hydrogens (tertiary/aromatic N) is 4. The van der Waals surface area contributed by atoms with E-state index in [1.807, 2.05) is 12.1 Å². The molecule has 1 aromatic carbocycles. The Balaban J connectivity index is 1.58. The summed E-state index contributed by atoms with van der Waals surface area (Å²) in [6, 6.07) is 5.10. The van der Waals surface area contributed by atoms with Crippen molar-refractivity contribution in [3.05, 3.63) is 60.1 Å². The minimum atomic E-state index is -0.334. The summed E-state index contributed by atoms with van der Waals surface area (Å²) < 4.78 is 0. The van der Waals surface area contributed by atoms with Crippen molar-refractivity contribution < 1.29 is 5.11 Å². The number of aromatic amines is 1. The molecule has 0 amide bonds. The molecule has 0 aliphatic carbocycles. The maximum atomic E-state index is 10.5. The fourth-order valence-electron chi connectivity index (χ4n) is 5.00. The van der Waals surface area contributed by atoms with Crippen LogP contribution in [0.15, 0.2) is 43.0 Å². The third-order valence-electron chi connectivity index (χ3n) is 5.89. The second-order valence-corrected chi connectivity index (χ2v) is 9.68. The van der Waals surface area contributed by atoms with Gasteiger partial charge < -0.3 is 15.3 Å². The highest BCUT2D eigenvalue weighted by atomic mass is 16.3. The normalized spacial score (nSPS) is 18.9. The number of phenols is 1. The number of aromatic nitrogens is 4. The van der Waals surface area contributed by atoms with Gasteiger partial charge in [-0.1, -0.05) is 6.07 Å². The van der Waals surface area contributed by atoms with Crippen LogP contribution in [0.4, 0.5) is 0 Å². The lowest BCUT2D eigenvalue weighted by atomic mass is 9.72. The molecule has 0 saturated carbocycles. The molecule has 3 heterocycles. The molecule has 0 radical (unpaired) electrons. The Kier molecular flexibility index (Phi) is 5.28. The summed E-state index contributed by atoms with van der Waals surface area (Å²) in [5, 5.41) is 20.9. The first-order valence-corrected chi connectivity index (χ1v) is 10.5. The van der Waals surface area contributed by atoms with Crippen molar-refractivity contribution in [3.8, 4) is 28.1 Å². The Morgan fingerprint density at radius 2 is 1.81 bits per heavy atom. The van der Waals surface area contributed by atoms with Crippen LogP contribution in [-0.2, 0) is 0 Å². The van der Waals surface area contributed by atoms with Gasteiger partial charge in [0.05, 0.1) is 24.3 Å². The van der Waals surface area contributed by atoms with E-state index in [1.165, 1.54) is 0 Å². The van der Waals surface area contributed by atoms with E-state index in [4.69, 9.17) is 6.57 Å². The second-order valence-electron chi connectivity index (χ2n) is 9.68. The zero-order valence-corrected chi connectivity index (χ0v) is 18.3. The number of aromatic hydroxyl groups is 1. The van der Waals surface area contributed by atoms with Crippen molar-refractivity contribution in [3.63, 3.8) is 0 Å². The quantitative estimate of drug-likeness (QED) is 0.534. The molecule has 3 N–H and O–H groups in total. The lowest BCUT2D eigenvalue weighted by Crippen LogP contribution is -2.58. The minimum absolute atomic E-state index is 0.0365. The standard InChI is InChI=1S/C24H28N6O/c1-23(2)9-16(10-24(3,4)30-23)22(25-5)20-14-26-19(13-27-20)18-7-6-15(8-21(18)31)17-11-28-29-12-17/h6-8,11-14,16,22,30-31H,9-10H2,1-4H3,(H,28,29). The molecule has 7 nitrogen and oxygen atoms in total. The molecule has 0 spiro atoms. The molecule has 7 heteroatoms. The monoisotopic (exact) mass is 416 g/mol. The summed E-state index contributed by atoms with van der Waals surface area (Å²) in [6.45, 7) is 16.6. The van der Waals surface area contributed by atoms with Crippen molar-refractivity contribution in [1.29, 1.82) is 0 Å². The molecule has 1 aliphatic rings. The SMILES string of the molecule is [C-]#[N+]C(c1cnc(-c2ccc(-c3cn[nH]c3)cc2O)cn1)C1CC(C)(C)NC(C)(C)C1. The van der Waals surface area contributed by atoms with E-state index in [2.05, 4.69) is 58.0 Å². The molecular weight excluding hydrogens is 388 g/mol. The number of rotatable bonds is 4. The zero-order valence-electron chi connectivity index (χ0n) is 18.3. The fourth-order valence-corrected chi connectivity index (χ4v) is 5.00. The Morgan fingerprint density at radius 3 is 2.35 bits per heavy atom. The molecular formula is C24H28N6O. The first kappa shape index (κ1) is 21.0. The molecule has 4 rings (SSSR count). The van der Waals surface area contributed by atoms with E-state index in [0.717, 1.165) is 24.0 Å². The minimum Gasteiger partial charge on any atom is -0.507 e. The van der Waals surface area contributed by atoms with Gasteiger partial charge in [0.1, 0.15) is 11.4 Å². The maximum Gasteiger partial charge on any atom is 0.269 e. The lowest BCUT2D eigenvalue weighted by molar-refractivity contribution is 0.119. The summed E-state index contributed by atoms with van der Waals surface area (Å²) in [4.78, 5) is 13.1. The lowest BCUT2D eigenvalue weighted by Gasteiger charge is -2.46. The second kappa shape index (κ2) is 7.78. The highest BCUT2D eigenvalue weighted by Crippen LogP contribution is 2.41. The van der Waals surface area contributed by atoms with Crippen LogP contribution in [0.25, 0.3) is 27.2 Å². The molecule has 3 aromatic rings. The van der Waals surface area contributed by atoms with E-state index in [-0.39, 0.29) is 28.8 Å². The third-order valence-corrected chi connectivity index (χ3v) is 5.89. The smallest absolute Gasteiger partial charge is 0.269 e. The van der Waals surface area contributed by atoms with Gasteiger partial charge in [0.15, 0.2) is 0 Å². The molecule has 1 aliphatic heterocycles. The summed E-state index contributed by atoms with van der Waals surface area (Å²) in [5.74, 6) is 0.330. The predicted octanol–water partition coefficient (Wildman–Crippen LogP) is 4.76. The highest BCUT2D eigenvalue weighted by Gasteiger charge is 2.44. The molecule has 1 unspecified atom stereocenters. The number of H-pyrrole nitrogens is 1. The van der Waals surface area contributed by atoms with Crippen LogP contribution in [0.3, 0.4) is 0 Å². The molecule has 1 fully saturated rings. The topological polar surface area (TPSA) is 91.1 Å². The van der Waals surface area contributed by atoms with Gasteiger partial charge in [-0.05, 0) is 58.2 Å². The summed E-state index contributed by atoms with van der Waals surface area (Å²) in [5.41, 5.74) is 3.56. The Morgan fingerprint density at radius 1 is 1.06 bits per heavy atom. The van der Waals surface area contributed by atoms with Crippen LogP contribution in [0.5, 0.6) is 5.75 Å². The first-order chi connectivity index (χ1) is 14.7. The number of hydrogen-bond donors (Lipinski definition) is 3. The number of hydrogen-bond acceptors (Lipinski definition) is 5. The molecule has 0 bridgehead atoms. The molecule has 1 atom stereocenters. The van der Waals surface area contributed by atoms with E-state index in [1.54, 1.807) is 30.9 Å². The highest BCUT2D eigenvalue weighted by molar-refractivity contribution is 5.73. The summed E-state index contributed by atoms with van der Waals surface area (Å²) in [6.07, 6.45) is 8.63. The van der Waals surface area contributed by atoms with Crippen LogP contribution >= 0.6 is 0 Å². The van der Waals surface area contributed by atoms with Crippen LogP contribution in [0, 0.1) is 12.5 Å². The maximum absolute atomic E-state index is 10.5. The average Bonchev–Trinajstić information content (AvgIpc) is 3.22. The van der Waals surface area contributed by atoms with Gasteiger partial charge in [-0.25, -0.2) is 11.6 Å². The average molecular weight is 417 g/mol. The molecule has 1 saturated heterocycles. The number of phenolic OH excluding ortho intramolecular Hbond substituents is 1. The first-order valence-electron chi connectivity index (χ1n) is 10.5. The van der Waals surface area contributed by atoms with Gasteiger partial charge in [0, 0.05) is 34.3 Å². The molecule has 31 heavy (non-hydrogen) atoms. The third kappa shape index (κ3) is 4.44. The van der Waals surface area contributed by atoms with Crippen molar-refractivity contribution in [2.45, 2.75) is 57.7 Å². The van der Waals surface area contributed by atoms with E-state index in [9.17, 15) is 5.11 Å². The Hall–Kier alpha value is -3.24. The van der Waals surface area contributed by atoms with Crippen LogP contribution < -0.4 is 5.32 Å². The number of piperidine rings is 1. The van der Waals surface area contributed by atoms with Crippen LogP contribution in [0.1, 0.15) is 52.3 Å². The van der Waals surface area contributed by atoms with Crippen LogP contribution in [-0.4, -0.2) is 36.3 Å². The predicted molar refractivity (Wildman–Crippen MR) is 120 cm³/mol. The van der Waals surface area contributed by atoms with Crippen molar-refractivity contribution in [1.82, 2.24) is 25.5 Å². The Bertz CT molecular complexity index is 1080. The van der Waals surface area contributed by atoms with Crippen molar-refractivity contribution >= 4 is 0 Å². The number of benzene rings is 1. The summed E-state index contributed by atoms with van der Waals surface area (Å²) >= 11 is 0. The van der Waals surface area contributed by atoms with Gasteiger partial charge in [-0.3, -0.25) is 10.1 Å². The summed E-state index contributed by atoms with van der Waals surface area (Å²) in [7, 11) is 0. The van der Waals surface area contributed by atoms with E-state index in [0.29, 0.717) is 17.0 Å². The molecule has 160 valence electrons.